The lowest BCUT2D eigenvalue weighted by Gasteiger charge is -2.04. The van der Waals surface area contributed by atoms with Gasteiger partial charge in [0.2, 0.25) is 0 Å². The Morgan fingerprint density at radius 3 is 2.62 bits per heavy atom. The number of aromatic nitrogens is 1. The molecule has 6 heteroatoms. The maximum Gasteiger partial charge on any atom is 0.268 e. The van der Waals surface area contributed by atoms with E-state index in [9.17, 15) is 18.0 Å². The number of pyridine rings is 1. The molecule has 0 aliphatic rings. The van der Waals surface area contributed by atoms with Crippen LogP contribution in [0.25, 0.3) is 0 Å². The molecule has 0 aromatic carbocycles. The summed E-state index contributed by atoms with van der Waals surface area (Å²) in [7, 11) is 0. The average Bonchev–Trinajstić information content (AvgIpc) is 2.01. The van der Waals surface area contributed by atoms with E-state index in [4.69, 9.17) is 5.73 Å². The highest BCUT2D eigenvalue weighted by Crippen LogP contribution is 2.24. The van der Waals surface area contributed by atoms with Crippen LogP contribution in [0.3, 0.4) is 0 Å². The average molecular weight is 190 g/mol. The van der Waals surface area contributed by atoms with Gasteiger partial charge in [-0.3, -0.25) is 4.79 Å². The number of alkyl halides is 2. The van der Waals surface area contributed by atoms with Crippen molar-refractivity contribution in [3.8, 4) is 0 Å². The number of aldehydes is 1. The van der Waals surface area contributed by atoms with Crippen molar-refractivity contribution in [3.05, 3.63) is 23.1 Å². The lowest BCUT2D eigenvalue weighted by molar-refractivity contribution is 0.109. The number of halogens is 3. The van der Waals surface area contributed by atoms with E-state index in [1.807, 2.05) is 0 Å². The van der Waals surface area contributed by atoms with Crippen molar-refractivity contribution in [3.63, 3.8) is 0 Å². The molecule has 2 N–H and O–H groups in total. The van der Waals surface area contributed by atoms with E-state index in [0.717, 1.165) is 0 Å². The summed E-state index contributed by atoms with van der Waals surface area (Å²) in [6.07, 6.45) is -3.03. The van der Waals surface area contributed by atoms with Crippen molar-refractivity contribution >= 4 is 12.1 Å². The van der Waals surface area contributed by atoms with Crippen LogP contribution in [0.1, 0.15) is 22.5 Å². The summed E-state index contributed by atoms with van der Waals surface area (Å²) in [5, 5.41) is 0. The second kappa shape index (κ2) is 3.42. The van der Waals surface area contributed by atoms with Crippen LogP contribution < -0.4 is 5.73 Å². The summed E-state index contributed by atoms with van der Waals surface area (Å²) in [6, 6.07) is 0.647. The molecular formula is C7H5F3N2O. The predicted octanol–water partition coefficient (Wildman–Crippen LogP) is 1.55. The monoisotopic (exact) mass is 190 g/mol. The smallest absolute Gasteiger partial charge is 0.268 e. The fourth-order valence-corrected chi connectivity index (χ4v) is 0.867. The molecule has 0 saturated carbocycles. The molecular weight excluding hydrogens is 185 g/mol. The summed E-state index contributed by atoms with van der Waals surface area (Å²) in [5.41, 5.74) is 3.38. The SMILES string of the molecule is Nc1cc(F)c(C(F)F)c(C=O)n1. The Hall–Kier alpha value is -1.59. The first-order valence-electron chi connectivity index (χ1n) is 3.25. The van der Waals surface area contributed by atoms with Crippen molar-refractivity contribution in [2.45, 2.75) is 6.43 Å². The zero-order chi connectivity index (χ0) is 10.0. The highest BCUT2D eigenvalue weighted by molar-refractivity contribution is 5.75. The summed E-state index contributed by atoms with van der Waals surface area (Å²) < 4.78 is 37.0. The van der Waals surface area contributed by atoms with Gasteiger partial charge in [0.25, 0.3) is 6.43 Å². The first-order chi connectivity index (χ1) is 6.06. The maximum absolute atomic E-state index is 12.8. The minimum Gasteiger partial charge on any atom is -0.384 e. The Morgan fingerprint density at radius 2 is 2.15 bits per heavy atom. The van der Waals surface area contributed by atoms with E-state index in [1.54, 1.807) is 0 Å². The van der Waals surface area contributed by atoms with Gasteiger partial charge in [-0.25, -0.2) is 18.2 Å². The van der Waals surface area contributed by atoms with E-state index in [1.165, 1.54) is 0 Å². The van der Waals surface area contributed by atoms with Gasteiger partial charge in [0.15, 0.2) is 6.29 Å². The molecule has 1 rings (SSSR count). The fraction of sp³-hybridized carbons (Fsp3) is 0.143. The van der Waals surface area contributed by atoms with E-state index < -0.39 is 23.5 Å². The maximum atomic E-state index is 12.8. The molecule has 0 saturated heterocycles. The number of hydrogen-bond donors (Lipinski definition) is 1. The molecule has 0 aliphatic heterocycles. The Kier molecular flexibility index (Phi) is 2.50. The van der Waals surface area contributed by atoms with Crippen molar-refractivity contribution in [2.75, 3.05) is 5.73 Å². The van der Waals surface area contributed by atoms with Crippen molar-refractivity contribution in [1.29, 1.82) is 0 Å². The number of nitrogens with two attached hydrogens (primary N) is 1. The van der Waals surface area contributed by atoms with Crippen molar-refractivity contribution in [2.24, 2.45) is 0 Å². The lowest BCUT2D eigenvalue weighted by Crippen LogP contribution is -2.04. The number of carbonyl (C=O) groups excluding carboxylic acids is 1. The second-order valence-electron chi connectivity index (χ2n) is 2.25. The minimum atomic E-state index is -3.08. The molecule has 0 amide bonds. The van der Waals surface area contributed by atoms with Gasteiger partial charge in [0.05, 0.1) is 5.56 Å². The Balaban J connectivity index is 3.38. The quantitative estimate of drug-likeness (QED) is 0.720. The van der Waals surface area contributed by atoms with Gasteiger partial charge in [-0.15, -0.1) is 0 Å². The lowest BCUT2D eigenvalue weighted by atomic mass is 10.2. The van der Waals surface area contributed by atoms with Crippen LogP contribution in [0.4, 0.5) is 19.0 Å². The molecule has 70 valence electrons. The Morgan fingerprint density at radius 1 is 1.54 bits per heavy atom. The molecule has 3 nitrogen and oxygen atoms in total. The minimum absolute atomic E-state index is 0.0426. The standard InChI is InChI=1S/C7H5F3N2O/c8-3-1-5(11)12-4(2-13)6(3)7(9)10/h1-2,7H,(H2,11,12). The van der Waals surface area contributed by atoms with Crippen LogP contribution in [0, 0.1) is 5.82 Å². The molecule has 0 bridgehead atoms. The molecule has 0 spiro atoms. The zero-order valence-electron chi connectivity index (χ0n) is 6.30. The Bertz CT molecular complexity index is 341. The highest BCUT2D eigenvalue weighted by atomic mass is 19.3. The number of rotatable bonds is 2. The Labute approximate surface area is 71.4 Å². The second-order valence-corrected chi connectivity index (χ2v) is 2.25. The van der Waals surface area contributed by atoms with Crippen LogP contribution in [0.5, 0.6) is 0 Å². The molecule has 0 fully saturated rings. The number of nitrogens with zero attached hydrogens (tertiary/aromatic N) is 1. The fourth-order valence-electron chi connectivity index (χ4n) is 0.867. The van der Waals surface area contributed by atoms with Gasteiger partial charge in [0.1, 0.15) is 17.3 Å². The van der Waals surface area contributed by atoms with E-state index in [2.05, 4.69) is 4.98 Å². The van der Waals surface area contributed by atoms with Crippen LogP contribution in [-0.2, 0) is 0 Å². The zero-order valence-corrected chi connectivity index (χ0v) is 6.30. The molecule has 1 aromatic heterocycles. The molecule has 13 heavy (non-hydrogen) atoms. The van der Waals surface area contributed by atoms with Gasteiger partial charge in [-0.05, 0) is 0 Å². The summed E-state index contributed by atoms with van der Waals surface area (Å²) in [6.45, 7) is 0. The van der Waals surface area contributed by atoms with Crippen LogP contribution in [0.15, 0.2) is 6.07 Å². The van der Waals surface area contributed by atoms with Crippen LogP contribution >= 0.6 is 0 Å². The first-order valence-corrected chi connectivity index (χ1v) is 3.25. The third-order valence-electron chi connectivity index (χ3n) is 1.39. The third kappa shape index (κ3) is 1.77. The molecule has 0 unspecified atom stereocenters. The highest BCUT2D eigenvalue weighted by Gasteiger charge is 2.19. The summed E-state index contributed by atoms with van der Waals surface area (Å²) in [4.78, 5) is 13.5. The van der Waals surface area contributed by atoms with Crippen LogP contribution in [0.2, 0.25) is 0 Å². The summed E-state index contributed by atoms with van der Waals surface area (Å²) >= 11 is 0. The molecule has 0 radical (unpaired) electrons. The molecule has 0 atom stereocenters. The van der Waals surface area contributed by atoms with Gasteiger partial charge in [-0.2, -0.15) is 0 Å². The van der Waals surface area contributed by atoms with Crippen molar-refractivity contribution in [1.82, 2.24) is 4.98 Å². The van der Waals surface area contributed by atoms with E-state index >= 15 is 0 Å². The van der Waals surface area contributed by atoms with Crippen molar-refractivity contribution < 1.29 is 18.0 Å². The molecule has 0 aliphatic carbocycles. The largest absolute Gasteiger partial charge is 0.384 e. The van der Waals surface area contributed by atoms with Gasteiger partial charge >= 0.3 is 0 Å². The molecule has 1 heterocycles. The van der Waals surface area contributed by atoms with Gasteiger partial charge in [0, 0.05) is 6.07 Å². The molecule has 1 aromatic rings. The number of hydrogen-bond acceptors (Lipinski definition) is 3. The van der Waals surface area contributed by atoms with E-state index in [-0.39, 0.29) is 12.1 Å². The summed E-state index contributed by atoms with van der Waals surface area (Å²) in [5.74, 6) is -1.52. The third-order valence-corrected chi connectivity index (χ3v) is 1.39. The number of anilines is 1. The van der Waals surface area contributed by atoms with E-state index in [0.29, 0.717) is 6.07 Å². The number of nitrogen functional groups attached to an aromatic ring is 1. The topological polar surface area (TPSA) is 56.0 Å². The normalized spacial score (nSPS) is 10.5. The van der Waals surface area contributed by atoms with Crippen LogP contribution in [-0.4, -0.2) is 11.3 Å². The first kappa shape index (κ1) is 9.50. The predicted molar refractivity (Wildman–Crippen MR) is 39.0 cm³/mol. The number of carbonyl (C=O) groups is 1. The van der Waals surface area contributed by atoms with Gasteiger partial charge < -0.3 is 5.73 Å². The van der Waals surface area contributed by atoms with Gasteiger partial charge in [-0.1, -0.05) is 0 Å².